The molecule has 0 N–H and O–H groups in total. The summed E-state index contributed by atoms with van der Waals surface area (Å²) < 4.78 is 0. The number of rotatable bonds is 6. The molecule has 0 aromatic carbocycles. The van der Waals surface area contributed by atoms with E-state index in [1.54, 1.807) is 6.42 Å². The highest BCUT2D eigenvalue weighted by Crippen LogP contribution is 2.48. The smallest absolute Gasteiger partial charge is 0.0235 e. The summed E-state index contributed by atoms with van der Waals surface area (Å²) in [7, 11) is 0. The maximum atomic E-state index is 5.86. The van der Waals surface area contributed by atoms with E-state index in [1.807, 2.05) is 0 Å². The van der Waals surface area contributed by atoms with Gasteiger partial charge in [0, 0.05) is 18.5 Å². The van der Waals surface area contributed by atoms with Crippen LogP contribution >= 0.6 is 11.6 Å². The average Bonchev–Trinajstić information content (AvgIpc) is 2.85. The molecule has 3 fully saturated rings. The van der Waals surface area contributed by atoms with Crippen molar-refractivity contribution in [3.05, 3.63) is 0 Å². The second-order valence-electron chi connectivity index (χ2n) is 6.56. The number of hydrogen-bond donors (Lipinski definition) is 0. The Balaban J connectivity index is 1.52. The molecule has 3 saturated carbocycles. The SMILES string of the molecule is ClCCCN(CC1CC2CCC1C2)C1CCC1. The van der Waals surface area contributed by atoms with Crippen LogP contribution in [0, 0.1) is 17.8 Å². The van der Waals surface area contributed by atoms with Gasteiger partial charge in [0.05, 0.1) is 0 Å². The normalized spacial score (nSPS) is 36.7. The van der Waals surface area contributed by atoms with E-state index in [0.717, 1.165) is 29.7 Å². The van der Waals surface area contributed by atoms with Crippen molar-refractivity contribution in [3.8, 4) is 0 Å². The molecule has 0 spiro atoms. The van der Waals surface area contributed by atoms with E-state index in [9.17, 15) is 0 Å². The Kier molecular flexibility index (Phi) is 3.97. The first-order chi connectivity index (χ1) is 8.36. The van der Waals surface area contributed by atoms with Crippen LogP contribution in [0.1, 0.15) is 51.4 Å². The van der Waals surface area contributed by atoms with Gasteiger partial charge in [-0.3, -0.25) is 0 Å². The van der Waals surface area contributed by atoms with Gasteiger partial charge in [-0.15, -0.1) is 11.6 Å². The second kappa shape index (κ2) is 5.48. The molecule has 17 heavy (non-hydrogen) atoms. The van der Waals surface area contributed by atoms with Gasteiger partial charge in [0.15, 0.2) is 0 Å². The third-order valence-corrected chi connectivity index (χ3v) is 5.79. The number of halogens is 1. The lowest BCUT2D eigenvalue weighted by Gasteiger charge is -2.40. The van der Waals surface area contributed by atoms with E-state index < -0.39 is 0 Å². The highest BCUT2D eigenvalue weighted by Gasteiger charge is 2.40. The summed E-state index contributed by atoms with van der Waals surface area (Å²) in [5, 5.41) is 0. The molecule has 0 heterocycles. The molecule has 98 valence electrons. The summed E-state index contributed by atoms with van der Waals surface area (Å²) in [5.41, 5.74) is 0. The highest BCUT2D eigenvalue weighted by molar-refractivity contribution is 6.17. The highest BCUT2D eigenvalue weighted by atomic mass is 35.5. The van der Waals surface area contributed by atoms with Crippen LogP contribution in [0.4, 0.5) is 0 Å². The summed E-state index contributed by atoms with van der Waals surface area (Å²) in [5.74, 6) is 4.05. The third kappa shape index (κ3) is 2.66. The zero-order chi connectivity index (χ0) is 11.7. The fraction of sp³-hybridized carbons (Fsp3) is 1.00. The minimum atomic E-state index is 0.833. The van der Waals surface area contributed by atoms with Gasteiger partial charge < -0.3 is 4.90 Å². The lowest BCUT2D eigenvalue weighted by atomic mass is 9.85. The molecule has 0 amide bonds. The molecule has 2 bridgehead atoms. The molecule has 3 unspecified atom stereocenters. The van der Waals surface area contributed by atoms with Gasteiger partial charge in [-0.25, -0.2) is 0 Å². The quantitative estimate of drug-likeness (QED) is 0.651. The maximum Gasteiger partial charge on any atom is 0.0235 e. The molecule has 0 aromatic rings. The van der Waals surface area contributed by atoms with E-state index in [4.69, 9.17) is 11.6 Å². The first-order valence-electron chi connectivity index (χ1n) is 7.67. The molecule has 1 nitrogen and oxygen atoms in total. The zero-order valence-corrected chi connectivity index (χ0v) is 11.7. The van der Waals surface area contributed by atoms with E-state index in [0.29, 0.717) is 0 Å². The van der Waals surface area contributed by atoms with Crippen LogP contribution in [0.2, 0.25) is 0 Å². The van der Waals surface area contributed by atoms with Crippen molar-refractivity contribution in [2.24, 2.45) is 17.8 Å². The Bertz CT molecular complexity index is 251. The van der Waals surface area contributed by atoms with Crippen molar-refractivity contribution in [1.29, 1.82) is 0 Å². The predicted molar refractivity (Wildman–Crippen MR) is 73.5 cm³/mol. The summed E-state index contributed by atoms with van der Waals surface area (Å²) >= 11 is 5.86. The lowest BCUT2D eigenvalue weighted by Crippen LogP contribution is -2.44. The Hall–Kier alpha value is 0.250. The summed E-state index contributed by atoms with van der Waals surface area (Å²) in [6.45, 7) is 2.64. The fourth-order valence-corrected chi connectivity index (χ4v) is 4.46. The molecule has 0 aliphatic heterocycles. The summed E-state index contributed by atoms with van der Waals surface area (Å²) in [4.78, 5) is 2.79. The molecule has 3 rings (SSSR count). The van der Waals surface area contributed by atoms with Crippen molar-refractivity contribution >= 4 is 11.6 Å². The average molecular weight is 256 g/mol. The van der Waals surface area contributed by atoms with Crippen LogP contribution in [-0.4, -0.2) is 29.9 Å². The molecule has 0 aromatic heterocycles. The minimum Gasteiger partial charge on any atom is -0.300 e. The minimum absolute atomic E-state index is 0.833. The number of hydrogen-bond acceptors (Lipinski definition) is 1. The van der Waals surface area contributed by atoms with E-state index in [-0.39, 0.29) is 0 Å². The maximum absolute atomic E-state index is 5.86. The Morgan fingerprint density at radius 1 is 1.06 bits per heavy atom. The molecule has 2 heteroatoms. The van der Waals surface area contributed by atoms with E-state index >= 15 is 0 Å². The van der Waals surface area contributed by atoms with Gasteiger partial charge in [0.1, 0.15) is 0 Å². The summed E-state index contributed by atoms with van der Waals surface area (Å²) in [6.07, 6.45) is 11.7. The molecule has 3 atom stereocenters. The van der Waals surface area contributed by atoms with E-state index in [1.165, 1.54) is 58.0 Å². The molecular formula is C15H26ClN. The first-order valence-corrected chi connectivity index (χ1v) is 8.20. The Morgan fingerprint density at radius 2 is 1.94 bits per heavy atom. The van der Waals surface area contributed by atoms with Crippen LogP contribution in [0.15, 0.2) is 0 Å². The molecule has 0 radical (unpaired) electrons. The van der Waals surface area contributed by atoms with Crippen LogP contribution < -0.4 is 0 Å². The first kappa shape index (κ1) is 12.3. The van der Waals surface area contributed by atoms with Gasteiger partial charge in [-0.05, 0) is 62.8 Å². The second-order valence-corrected chi connectivity index (χ2v) is 6.94. The van der Waals surface area contributed by atoms with Crippen LogP contribution in [0.3, 0.4) is 0 Å². The number of fused-ring (bicyclic) bond motifs is 2. The van der Waals surface area contributed by atoms with Crippen LogP contribution in [-0.2, 0) is 0 Å². The Morgan fingerprint density at radius 3 is 2.47 bits per heavy atom. The molecular weight excluding hydrogens is 230 g/mol. The van der Waals surface area contributed by atoms with Crippen LogP contribution in [0.25, 0.3) is 0 Å². The summed E-state index contributed by atoms with van der Waals surface area (Å²) in [6, 6.07) is 0.914. The largest absolute Gasteiger partial charge is 0.300 e. The van der Waals surface area contributed by atoms with Crippen molar-refractivity contribution in [2.75, 3.05) is 19.0 Å². The number of nitrogens with zero attached hydrogens (tertiary/aromatic N) is 1. The molecule has 3 aliphatic carbocycles. The van der Waals surface area contributed by atoms with Crippen LogP contribution in [0.5, 0.6) is 0 Å². The lowest BCUT2D eigenvalue weighted by molar-refractivity contribution is 0.0930. The van der Waals surface area contributed by atoms with Gasteiger partial charge in [-0.1, -0.05) is 12.8 Å². The predicted octanol–water partition coefficient (Wildman–Crippen LogP) is 3.91. The van der Waals surface area contributed by atoms with Gasteiger partial charge >= 0.3 is 0 Å². The van der Waals surface area contributed by atoms with Gasteiger partial charge in [0.25, 0.3) is 0 Å². The monoisotopic (exact) mass is 255 g/mol. The van der Waals surface area contributed by atoms with Crippen molar-refractivity contribution in [2.45, 2.75) is 57.4 Å². The fourth-order valence-electron chi connectivity index (χ4n) is 4.34. The van der Waals surface area contributed by atoms with Crippen molar-refractivity contribution in [3.63, 3.8) is 0 Å². The van der Waals surface area contributed by atoms with Crippen molar-refractivity contribution < 1.29 is 0 Å². The molecule has 3 aliphatic rings. The Labute approximate surface area is 111 Å². The van der Waals surface area contributed by atoms with Gasteiger partial charge in [0.2, 0.25) is 0 Å². The van der Waals surface area contributed by atoms with E-state index in [2.05, 4.69) is 4.90 Å². The molecule has 0 saturated heterocycles. The zero-order valence-electron chi connectivity index (χ0n) is 10.9. The number of alkyl halides is 1. The van der Waals surface area contributed by atoms with Crippen molar-refractivity contribution in [1.82, 2.24) is 4.90 Å². The van der Waals surface area contributed by atoms with Gasteiger partial charge in [-0.2, -0.15) is 0 Å². The standard InChI is InChI=1S/C15H26ClN/c16-7-2-8-17(15-3-1-4-15)11-14-10-12-5-6-13(14)9-12/h12-15H,1-11H2. The third-order valence-electron chi connectivity index (χ3n) is 5.52. The topological polar surface area (TPSA) is 3.24 Å².